The first-order valence-electron chi connectivity index (χ1n) is 12.0. The molecule has 0 atom stereocenters. The molecule has 174 valence electrons. The van der Waals surface area contributed by atoms with Crippen LogP contribution < -0.4 is 4.74 Å². The number of hydrogen-bond acceptors (Lipinski definition) is 1. The van der Waals surface area contributed by atoms with E-state index in [-0.39, 0.29) is 17.7 Å². The topological polar surface area (TPSA) is 9.23 Å². The van der Waals surface area contributed by atoms with Crippen molar-refractivity contribution in [2.24, 2.45) is 0 Å². The van der Waals surface area contributed by atoms with Gasteiger partial charge in [0.1, 0.15) is 11.6 Å². The van der Waals surface area contributed by atoms with Crippen LogP contribution >= 0.6 is 0 Å². The molecule has 0 saturated heterocycles. The van der Waals surface area contributed by atoms with E-state index < -0.39 is 11.6 Å². The average Bonchev–Trinajstić information content (AvgIpc) is 2.82. The van der Waals surface area contributed by atoms with Crippen molar-refractivity contribution in [3.63, 3.8) is 0 Å². The highest BCUT2D eigenvalue weighted by molar-refractivity contribution is 5.65. The van der Waals surface area contributed by atoms with Crippen LogP contribution in [0.2, 0.25) is 0 Å². The molecule has 4 heteroatoms. The maximum Gasteiger partial charge on any atom is 0.166 e. The fraction of sp³-hybridized carbons (Fsp3) is 0.379. The van der Waals surface area contributed by atoms with E-state index in [1.165, 1.54) is 11.6 Å². The van der Waals surface area contributed by atoms with Gasteiger partial charge in [-0.3, -0.25) is 0 Å². The maximum atomic E-state index is 15.1. The molecule has 33 heavy (non-hydrogen) atoms. The highest BCUT2D eigenvalue weighted by Crippen LogP contribution is 2.43. The lowest BCUT2D eigenvalue weighted by molar-refractivity contribution is 0.336. The van der Waals surface area contributed by atoms with Crippen LogP contribution in [0.15, 0.2) is 54.6 Å². The third-order valence-electron chi connectivity index (χ3n) is 6.81. The summed E-state index contributed by atoms with van der Waals surface area (Å²) in [6.45, 7) is 4.48. The summed E-state index contributed by atoms with van der Waals surface area (Å²) in [5.74, 6) is -1.22. The van der Waals surface area contributed by atoms with Crippen molar-refractivity contribution in [1.29, 1.82) is 0 Å². The van der Waals surface area contributed by atoms with E-state index >= 15 is 8.78 Å². The highest BCUT2D eigenvalue weighted by Gasteiger charge is 2.28. The molecule has 0 spiro atoms. The lowest BCUT2D eigenvalue weighted by Crippen LogP contribution is -2.15. The lowest BCUT2D eigenvalue weighted by Gasteiger charge is -2.30. The Kier molecular flexibility index (Phi) is 7.42. The van der Waals surface area contributed by atoms with Crippen molar-refractivity contribution < 1.29 is 17.9 Å². The first kappa shape index (κ1) is 23.4. The number of ether oxygens (including phenoxy) is 1. The van der Waals surface area contributed by atoms with E-state index in [2.05, 4.69) is 6.92 Å². The third-order valence-corrected chi connectivity index (χ3v) is 6.81. The van der Waals surface area contributed by atoms with Crippen molar-refractivity contribution in [2.45, 2.75) is 64.2 Å². The van der Waals surface area contributed by atoms with Crippen molar-refractivity contribution in [3.05, 3.63) is 88.7 Å². The summed E-state index contributed by atoms with van der Waals surface area (Å²) in [4.78, 5) is 0. The summed E-state index contributed by atoms with van der Waals surface area (Å²) in [6.07, 6.45) is 4.93. The quantitative estimate of drug-likeness (QED) is 0.349. The van der Waals surface area contributed by atoms with Gasteiger partial charge in [0, 0.05) is 11.6 Å². The Morgan fingerprint density at radius 2 is 1.39 bits per heavy atom. The van der Waals surface area contributed by atoms with Crippen LogP contribution in [0.1, 0.15) is 74.5 Å². The summed E-state index contributed by atoms with van der Waals surface area (Å²) < 4.78 is 50.0. The normalized spacial score (nSPS) is 18.3. The second kappa shape index (κ2) is 10.5. The van der Waals surface area contributed by atoms with Crippen molar-refractivity contribution in [3.8, 4) is 16.9 Å². The minimum atomic E-state index is -0.782. The maximum absolute atomic E-state index is 15.1. The molecule has 0 amide bonds. The van der Waals surface area contributed by atoms with E-state index in [1.807, 2.05) is 31.2 Å². The van der Waals surface area contributed by atoms with Crippen LogP contribution in [-0.4, -0.2) is 6.61 Å². The monoisotopic (exact) mass is 452 g/mol. The number of aryl methyl sites for hydroxylation is 1. The fourth-order valence-electron chi connectivity index (χ4n) is 5.05. The van der Waals surface area contributed by atoms with Crippen LogP contribution in [0.25, 0.3) is 11.1 Å². The molecular weight excluding hydrogens is 421 g/mol. The van der Waals surface area contributed by atoms with Gasteiger partial charge < -0.3 is 4.74 Å². The third kappa shape index (κ3) is 5.10. The zero-order chi connectivity index (χ0) is 23.4. The molecule has 0 aromatic heterocycles. The molecule has 0 radical (unpaired) electrons. The molecular formula is C29H31F3O. The SMILES string of the molecule is CCCc1ccc(-c2ccc(C3CCC(c4ccc(OCC)cc4F)CC3)c(F)c2F)cc1. The van der Waals surface area contributed by atoms with E-state index in [1.54, 1.807) is 24.3 Å². The number of rotatable bonds is 7. The average molecular weight is 453 g/mol. The number of halogens is 3. The van der Waals surface area contributed by atoms with Crippen LogP contribution in [0, 0.1) is 17.5 Å². The zero-order valence-electron chi connectivity index (χ0n) is 19.3. The molecule has 0 aliphatic heterocycles. The molecule has 0 N–H and O–H groups in total. The molecule has 3 aromatic carbocycles. The van der Waals surface area contributed by atoms with Gasteiger partial charge in [-0.1, -0.05) is 55.8 Å². The van der Waals surface area contributed by atoms with Gasteiger partial charge in [0.2, 0.25) is 0 Å². The summed E-state index contributed by atoms with van der Waals surface area (Å²) >= 11 is 0. The first-order chi connectivity index (χ1) is 16.0. The number of benzene rings is 3. The van der Waals surface area contributed by atoms with Crippen LogP contribution in [0.3, 0.4) is 0 Å². The minimum absolute atomic E-state index is 0.0533. The van der Waals surface area contributed by atoms with E-state index in [0.29, 0.717) is 47.5 Å². The van der Waals surface area contributed by atoms with Gasteiger partial charge in [-0.15, -0.1) is 0 Å². The molecule has 0 heterocycles. The Hall–Kier alpha value is -2.75. The van der Waals surface area contributed by atoms with Crippen LogP contribution in [0.5, 0.6) is 5.75 Å². The molecule has 4 rings (SSSR count). The molecule has 1 nitrogen and oxygen atoms in total. The second-order valence-electron chi connectivity index (χ2n) is 8.94. The highest BCUT2D eigenvalue weighted by atomic mass is 19.2. The Morgan fingerprint density at radius 1 is 0.758 bits per heavy atom. The Balaban J connectivity index is 1.47. The molecule has 0 unspecified atom stereocenters. The fourth-order valence-corrected chi connectivity index (χ4v) is 5.05. The van der Waals surface area contributed by atoms with Gasteiger partial charge in [0.15, 0.2) is 11.6 Å². The number of hydrogen-bond donors (Lipinski definition) is 0. The van der Waals surface area contributed by atoms with E-state index in [0.717, 1.165) is 25.7 Å². The zero-order valence-corrected chi connectivity index (χ0v) is 19.3. The van der Waals surface area contributed by atoms with Crippen LogP contribution in [0.4, 0.5) is 13.2 Å². The Bertz CT molecular complexity index is 1080. The smallest absolute Gasteiger partial charge is 0.166 e. The summed E-state index contributed by atoms with van der Waals surface area (Å²) in [5, 5.41) is 0. The molecule has 0 bridgehead atoms. The van der Waals surface area contributed by atoms with E-state index in [9.17, 15) is 4.39 Å². The van der Waals surface area contributed by atoms with Crippen LogP contribution in [-0.2, 0) is 6.42 Å². The largest absolute Gasteiger partial charge is 0.494 e. The van der Waals surface area contributed by atoms with Gasteiger partial charge in [-0.25, -0.2) is 13.2 Å². The lowest BCUT2D eigenvalue weighted by atomic mass is 9.75. The summed E-state index contributed by atoms with van der Waals surface area (Å²) in [7, 11) is 0. The minimum Gasteiger partial charge on any atom is -0.494 e. The standard InChI is InChI=1S/C29H31F3O/c1-3-5-19-6-8-21(9-7-19)25-16-17-26(29(32)28(25)31)22-12-10-20(11-13-22)24-15-14-23(33-4-2)18-27(24)30/h6-9,14-18,20,22H,3-5,10-13H2,1-2H3. The molecule has 1 aliphatic rings. The predicted octanol–water partition coefficient (Wildman–Crippen LogP) is 8.56. The summed E-state index contributed by atoms with van der Waals surface area (Å²) in [6, 6.07) is 16.1. The van der Waals surface area contributed by atoms with Crippen molar-refractivity contribution >= 4 is 0 Å². The van der Waals surface area contributed by atoms with E-state index in [4.69, 9.17) is 4.74 Å². The van der Waals surface area contributed by atoms with Gasteiger partial charge in [0.25, 0.3) is 0 Å². The van der Waals surface area contributed by atoms with Crippen molar-refractivity contribution in [2.75, 3.05) is 6.61 Å². The molecule has 1 saturated carbocycles. The Labute approximate surface area is 194 Å². The predicted molar refractivity (Wildman–Crippen MR) is 127 cm³/mol. The van der Waals surface area contributed by atoms with Gasteiger partial charge in [0.05, 0.1) is 6.61 Å². The Morgan fingerprint density at radius 3 is 2.00 bits per heavy atom. The van der Waals surface area contributed by atoms with Gasteiger partial charge >= 0.3 is 0 Å². The molecule has 1 aliphatic carbocycles. The summed E-state index contributed by atoms with van der Waals surface area (Å²) in [5.41, 5.74) is 3.30. The van der Waals surface area contributed by atoms with Gasteiger partial charge in [-0.2, -0.15) is 0 Å². The van der Waals surface area contributed by atoms with Crippen molar-refractivity contribution in [1.82, 2.24) is 0 Å². The van der Waals surface area contributed by atoms with Gasteiger partial charge in [-0.05, 0) is 79.2 Å². The molecule has 1 fully saturated rings. The first-order valence-corrected chi connectivity index (χ1v) is 12.0. The molecule has 3 aromatic rings. The second-order valence-corrected chi connectivity index (χ2v) is 8.94.